The van der Waals surface area contributed by atoms with Crippen molar-refractivity contribution >= 4 is 22.6 Å². The molecule has 0 heterocycles. The van der Waals surface area contributed by atoms with E-state index in [-0.39, 0.29) is 29.7 Å². The fraction of sp³-hybridized carbons (Fsp3) is 0.400. The molecular weight excluding hydrogens is 371 g/mol. The van der Waals surface area contributed by atoms with Gasteiger partial charge in [0.2, 0.25) is 0 Å². The Morgan fingerprint density at radius 2 is 1.72 bits per heavy atom. The average molecular weight is 386 g/mol. The van der Waals surface area contributed by atoms with Gasteiger partial charge in [0.15, 0.2) is 11.5 Å². The zero-order valence-corrected chi connectivity index (χ0v) is 14.3. The number of hydrogen-bond donors (Lipinski definition) is 0. The second kappa shape index (κ2) is 8.41. The molecule has 25 heavy (non-hydrogen) atoms. The van der Waals surface area contributed by atoms with Gasteiger partial charge in [0, 0.05) is 11.0 Å². The first-order valence-electron chi connectivity index (χ1n) is 6.80. The zero-order valence-electron chi connectivity index (χ0n) is 13.4. The van der Waals surface area contributed by atoms with E-state index in [0.717, 1.165) is 12.1 Å². The van der Waals surface area contributed by atoms with Crippen LogP contribution in [0.4, 0.5) is 22.0 Å². The van der Waals surface area contributed by atoms with Crippen molar-refractivity contribution in [2.75, 3.05) is 20.8 Å². The Hall–Kier alpha value is -1.97. The van der Waals surface area contributed by atoms with Crippen LogP contribution in [0, 0.1) is 0 Å². The first kappa shape index (κ1) is 21.1. The van der Waals surface area contributed by atoms with E-state index in [9.17, 15) is 26.7 Å². The van der Waals surface area contributed by atoms with Gasteiger partial charge in [-0.25, -0.2) is 4.79 Å². The lowest BCUT2D eigenvalue weighted by molar-refractivity contribution is -0.164. The molecule has 0 bridgehead atoms. The molecule has 140 valence electrons. The molecule has 0 N–H and O–H groups in total. The van der Waals surface area contributed by atoms with E-state index in [0.29, 0.717) is 0 Å². The van der Waals surface area contributed by atoms with E-state index in [1.165, 1.54) is 27.2 Å². The Morgan fingerprint density at radius 3 is 2.20 bits per heavy atom. The third-order valence-electron chi connectivity index (χ3n) is 2.75. The Kier molecular flexibility index (Phi) is 7.09. The van der Waals surface area contributed by atoms with Crippen LogP contribution in [0.2, 0.25) is 0 Å². The minimum absolute atomic E-state index is 0.0492. The normalized spacial score (nSPS) is 12.7. The summed E-state index contributed by atoms with van der Waals surface area (Å²) in [7, 11) is 2.56. The predicted octanol–water partition coefficient (Wildman–Crippen LogP) is 4.50. The molecule has 0 amide bonds. The topological polar surface area (TPSA) is 44.8 Å². The van der Waals surface area contributed by atoms with E-state index in [1.54, 1.807) is 0 Å². The van der Waals surface area contributed by atoms with Gasteiger partial charge in [-0.3, -0.25) is 0 Å². The standard InChI is InChI=1S/C15H15F5O4S/c1-4-24-13(21)14(16,17)8-12(25-15(18,19)20)9-5-6-10(22-2)11(7-9)23-3/h5-8H,4H2,1-3H3/b12-8+. The number of methoxy groups -OCH3 is 2. The van der Waals surface area contributed by atoms with E-state index in [2.05, 4.69) is 4.74 Å². The molecule has 0 aliphatic heterocycles. The van der Waals surface area contributed by atoms with Crippen LogP contribution in [-0.2, 0) is 9.53 Å². The van der Waals surface area contributed by atoms with Gasteiger partial charge in [-0.2, -0.15) is 22.0 Å². The Labute approximate surface area is 144 Å². The smallest absolute Gasteiger partial charge is 0.446 e. The van der Waals surface area contributed by atoms with Gasteiger partial charge >= 0.3 is 17.4 Å². The number of thioether (sulfide) groups is 1. The molecule has 1 rings (SSSR count). The quantitative estimate of drug-likeness (QED) is 0.510. The summed E-state index contributed by atoms with van der Waals surface area (Å²) in [5.74, 6) is -5.90. The molecule has 1 aromatic rings. The first-order valence-corrected chi connectivity index (χ1v) is 7.61. The van der Waals surface area contributed by atoms with E-state index in [4.69, 9.17) is 9.47 Å². The number of carbonyl (C=O) groups excluding carboxylic acids is 1. The summed E-state index contributed by atoms with van der Waals surface area (Å²) in [6.45, 7) is 0.970. The van der Waals surface area contributed by atoms with Crippen molar-refractivity contribution in [1.29, 1.82) is 0 Å². The second-order valence-corrected chi connectivity index (χ2v) is 5.58. The van der Waals surface area contributed by atoms with Gasteiger partial charge in [0.1, 0.15) is 0 Å². The maximum absolute atomic E-state index is 13.9. The number of hydrogen-bond acceptors (Lipinski definition) is 5. The second-order valence-electron chi connectivity index (χ2n) is 4.47. The molecule has 4 nitrogen and oxygen atoms in total. The molecule has 0 fully saturated rings. The molecule has 0 aromatic heterocycles. The van der Waals surface area contributed by atoms with Crippen molar-refractivity contribution in [3.8, 4) is 11.5 Å². The molecule has 0 saturated carbocycles. The van der Waals surface area contributed by atoms with Crippen LogP contribution in [0.15, 0.2) is 24.3 Å². The van der Waals surface area contributed by atoms with Gasteiger partial charge < -0.3 is 14.2 Å². The summed E-state index contributed by atoms with van der Waals surface area (Å²) in [5.41, 5.74) is -5.06. The Bertz CT molecular complexity index is 643. The van der Waals surface area contributed by atoms with E-state index < -0.39 is 34.1 Å². The van der Waals surface area contributed by atoms with Crippen LogP contribution in [0.1, 0.15) is 12.5 Å². The van der Waals surface area contributed by atoms with Crippen LogP contribution in [-0.4, -0.2) is 38.2 Å². The Balaban J connectivity index is 3.39. The third kappa shape index (κ3) is 6.11. The van der Waals surface area contributed by atoms with Crippen LogP contribution >= 0.6 is 11.8 Å². The van der Waals surface area contributed by atoms with Gasteiger partial charge in [-0.1, -0.05) is 0 Å². The summed E-state index contributed by atoms with van der Waals surface area (Å²) in [4.78, 5) is 10.4. The SMILES string of the molecule is CCOC(=O)C(F)(F)/C=C(/SC(F)(F)F)c1ccc(OC)c(OC)c1. The molecule has 0 unspecified atom stereocenters. The largest absolute Gasteiger partial charge is 0.493 e. The fourth-order valence-electron chi connectivity index (χ4n) is 1.74. The van der Waals surface area contributed by atoms with Gasteiger partial charge in [0.05, 0.1) is 20.8 Å². The monoisotopic (exact) mass is 386 g/mol. The van der Waals surface area contributed by atoms with Crippen molar-refractivity contribution in [3.05, 3.63) is 29.8 Å². The molecule has 0 atom stereocenters. The summed E-state index contributed by atoms with van der Waals surface area (Å²) < 4.78 is 80.0. The van der Waals surface area contributed by atoms with Crippen LogP contribution < -0.4 is 9.47 Å². The first-order chi connectivity index (χ1) is 11.5. The van der Waals surface area contributed by atoms with E-state index >= 15 is 0 Å². The lowest BCUT2D eigenvalue weighted by atomic mass is 10.1. The molecule has 1 aromatic carbocycles. The highest BCUT2D eigenvalue weighted by atomic mass is 32.2. The predicted molar refractivity (Wildman–Crippen MR) is 82.7 cm³/mol. The number of benzene rings is 1. The molecule has 0 spiro atoms. The van der Waals surface area contributed by atoms with Crippen molar-refractivity contribution in [2.24, 2.45) is 0 Å². The maximum Gasteiger partial charge on any atom is 0.446 e. The molecule has 10 heteroatoms. The maximum atomic E-state index is 13.9. The van der Waals surface area contributed by atoms with Crippen LogP contribution in [0.3, 0.4) is 0 Å². The van der Waals surface area contributed by atoms with Crippen molar-refractivity contribution < 1.29 is 41.0 Å². The number of carbonyl (C=O) groups is 1. The number of esters is 1. The van der Waals surface area contributed by atoms with Crippen LogP contribution in [0.25, 0.3) is 4.91 Å². The van der Waals surface area contributed by atoms with Crippen LogP contribution in [0.5, 0.6) is 11.5 Å². The lowest BCUT2D eigenvalue weighted by Gasteiger charge is -2.16. The summed E-state index contributed by atoms with van der Waals surface area (Å²) in [6.07, 6.45) is -0.0790. The molecule has 0 aliphatic rings. The highest BCUT2D eigenvalue weighted by Gasteiger charge is 2.41. The number of halogens is 5. The van der Waals surface area contributed by atoms with Crippen molar-refractivity contribution in [1.82, 2.24) is 0 Å². The fourth-order valence-corrected chi connectivity index (χ4v) is 2.44. The minimum atomic E-state index is -4.84. The Morgan fingerprint density at radius 1 is 1.12 bits per heavy atom. The third-order valence-corrected chi connectivity index (χ3v) is 3.56. The van der Waals surface area contributed by atoms with Gasteiger partial charge in [0.25, 0.3) is 0 Å². The molecule has 0 aliphatic carbocycles. The summed E-state index contributed by atoms with van der Waals surface area (Å²) in [5, 5.41) is 0. The highest BCUT2D eigenvalue weighted by Crippen LogP contribution is 2.44. The van der Waals surface area contributed by atoms with E-state index in [1.807, 2.05) is 0 Å². The number of alkyl halides is 5. The number of ether oxygens (including phenoxy) is 3. The van der Waals surface area contributed by atoms with Crippen molar-refractivity contribution in [2.45, 2.75) is 18.4 Å². The van der Waals surface area contributed by atoms with Gasteiger partial charge in [-0.05, 0) is 42.4 Å². The highest BCUT2D eigenvalue weighted by molar-refractivity contribution is 8.09. The average Bonchev–Trinajstić information content (AvgIpc) is 2.52. The minimum Gasteiger partial charge on any atom is -0.493 e. The molecule has 0 radical (unpaired) electrons. The van der Waals surface area contributed by atoms with Gasteiger partial charge in [-0.15, -0.1) is 0 Å². The molecular formula is C15H15F5O4S. The zero-order chi connectivity index (χ0) is 19.3. The lowest BCUT2D eigenvalue weighted by Crippen LogP contribution is -2.28. The number of rotatable bonds is 7. The summed E-state index contributed by atoms with van der Waals surface area (Å²) >= 11 is -0.773. The van der Waals surface area contributed by atoms with Crippen molar-refractivity contribution in [3.63, 3.8) is 0 Å². The summed E-state index contributed by atoms with van der Waals surface area (Å²) in [6, 6.07) is 3.51. The molecule has 0 saturated heterocycles.